The number of halogens is 2. The van der Waals surface area contributed by atoms with E-state index in [-0.39, 0.29) is 36.1 Å². The van der Waals surface area contributed by atoms with E-state index in [1.807, 2.05) is 0 Å². The average Bonchev–Trinajstić information content (AvgIpc) is 2.55. The highest BCUT2D eigenvalue weighted by atomic mass is 32.2. The molecular weight excluding hydrogens is 376 g/mol. The van der Waals surface area contributed by atoms with E-state index in [1.54, 1.807) is 20.8 Å². The number of thioether (sulfide) groups is 1. The van der Waals surface area contributed by atoms with Gasteiger partial charge in [0.25, 0.3) is 0 Å². The van der Waals surface area contributed by atoms with Gasteiger partial charge in [0.2, 0.25) is 0 Å². The number of alkyl carbamates (subject to hydrolysis) is 1. The fourth-order valence-electron chi connectivity index (χ4n) is 3.20. The molecule has 2 heterocycles. The molecule has 0 saturated carbocycles. The summed E-state index contributed by atoms with van der Waals surface area (Å²) in [5.74, 6) is -0.622. The van der Waals surface area contributed by atoms with E-state index >= 15 is 4.39 Å². The summed E-state index contributed by atoms with van der Waals surface area (Å²) >= 11 is 1.06. The Morgan fingerprint density at radius 2 is 2.19 bits per heavy atom. The van der Waals surface area contributed by atoms with Crippen molar-refractivity contribution < 1.29 is 23.0 Å². The van der Waals surface area contributed by atoms with Gasteiger partial charge in [-0.1, -0.05) is 11.8 Å². The smallest absolute Gasteiger partial charge is 0.413 e. The zero-order valence-corrected chi connectivity index (χ0v) is 16.3. The molecule has 0 spiro atoms. The van der Waals surface area contributed by atoms with E-state index in [0.717, 1.165) is 11.8 Å². The Hall–Kier alpha value is -1.87. The number of amides is 1. The number of hydrogen-bond acceptors (Lipinski definition) is 6. The summed E-state index contributed by atoms with van der Waals surface area (Å²) in [5.41, 5.74) is 1.97. The number of benzene rings is 1. The summed E-state index contributed by atoms with van der Waals surface area (Å²) in [7, 11) is 0. The Labute approximate surface area is 160 Å². The van der Waals surface area contributed by atoms with Gasteiger partial charge in [-0.05, 0) is 39.0 Å². The Kier molecular flexibility index (Phi) is 5.11. The molecule has 0 aromatic heterocycles. The number of alkyl halides is 1. The molecule has 1 aromatic carbocycles. The number of rotatable bonds is 1. The normalized spacial score (nSPS) is 28.1. The predicted molar refractivity (Wildman–Crippen MR) is 101 cm³/mol. The van der Waals surface area contributed by atoms with Gasteiger partial charge in [-0.25, -0.2) is 18.6 Å². The molecule has 1 fully saturated rings. The molecule has 1 saturated heterocycles. The van der Waals surface area contributed by atoms with Crippen LogP contribution in [0.5, 0.6) is 0 Å². The quantitative estimate of drug-likeness (QED) is 0.708. The van der Waals surface area contributed by atoms with E-state index in [9.17, 15) is 9.18 Å². The van der Waals surface area contributed by atoms with Crippen LogP contribution in [-0.4, -0.2) is 41.5 Å². The van der Waals surface area contributed by atoms with Gasteiger partial charge in [0.05, 0.1) is 6.61 Å². The van der Waals surface area contributed by atoms with Gasteiger partial charge < -0.3 is 15.2 Å². The standard InChI is InChI=1S/C18H23F2N3O3S/c1-16(2,3)26-15(24)22-14-23-18(12-8-11(21)4-5-13(12)19)9-25-7-6-17(18,20)10-27-14/h4-5,8H,6-7,9-10,21H2,1-3H3,(H,22,23,24)/t17-,18-/m1/s1. The highest BCUT2D eigenvalue weighted by Gasteiger charge is 2.59. The lowest BCUT2D eigenvalue weighted by molar-refractivity contribution is -0.0707. The monoisotopic (exact) mass is 399 g/mol. The molecule has 3 rings (SSSR count). The molecule has 27 heavy (non-hydrogen) atoms. The number of anilines is 1. The van der Waals surface area contributed by atoms with Gasteiger partial charge in [-0.15, -0.1) is 0 Å². The highest BCUT2D eigenvalue weighted by Crippen LogP contribution is 2.50. The van der Waals surface area contributed by atoms with Gasteiger partial charge in [-0.2, -0.15) is 0 Å². The van der Waals surface area contributed by atoms with Crippen molar-refractivity contribution in [3.63, 3.8) is 0 Å². The molecule has 0 unspecified atom stereocenters. The van der Waals surface area contributed by atoms with Crippen molar-refractivity contribution in [1.82, 2.24) is 5.32 Å². The van der Waals surface area contributed by atoms with Crippen molar-refractivity contribution in [2.45, 2.75) is 44.0 Å². The van der Waals surface area contributed by atoms with E-state index in [1.165, 1.54) is 18.2 Å². The number of aliphatic imine (C=N–C) groups is 1. The molecule has 0 radical (unpaired) electrons. The molecule has 2 aliphatic rings. The Morgan fingerprint density at radius 3 is 2.89 bits per heavy atom. The Morgan fingerprint density at radius 1 is 1.44 bits per heavy atom. The SMILES string of the molecule is CC(C)(C)OC(=O)NC1=N[C@@]2(c3cc(N)ccc3F)COCC[C@@]2(F)CS1. The molecule has 9 heteroatoms. The van der Waals surface area contributed by atoms with Crippen molar-refractivity contribution in [3.05, 3.63) is 29.6 Å². The minimum Gasteiger partial charge on any atom is -0.444 e. The van der Waals surface area contributed by atoms with E-state index in [4.69, 9.17) is 15.2 Å². The van der Waals surface area contributed by atoms with Gasteiger partial charge in [0.1, 0.15) is 17.0 Å². The number of nitrogens with one attached hydrogen (secondary N) is 1. The first-order valence-corrected chi connectivity index (χ1v) is 9.58. The molecule has 2 atom stereocenters. The molecule has 0 bridgehead atoms. The van der Waals surface area contributed by atoms with Crippen LogP contribution in [0.2, 0.25) is 0 Å². The van der Waals surface area contributed by atoms with Crippen LogP contribution >= 0.6 is 11.8 Å². The molecule has 0 aliphatic carbocycles. The summed E-state index contributed by atoms with van der Waals surface area (Å²) in [6.45, 7) is 5.26. The van der Waals surface area contributed by atoms with Gasteiger partial charge in [-0.3, -0.25) is 5.32 Å². The maximum absolute atomic E-state index is 15.9. The third-order valence-electron chi connectivity index (χ3n) is 4.47. The summed E-state index contributed by atoms with van der Waals surface area (Å²) in [6.07, 6.45) is -0.641. The number of hydrogen-bond donors (Lipinski definition) is 2. The van der Waals surface area contributed by atoms with Crippen molar-refractivity contribution in [2.24, 2.45) is 4.99 Å². The van der Waals surface area contributed by atoms with Crippen LogP contribution in [0.3, 0.4) is 0 Å². The van der Waals surface area contributed by atoms with Crippen molar-refractivity contribution in [1.29, 1.82) is 0 Å². The molecule has 1 amide bonds. The van der Waals surface area contributed by atoms with E-state index in [2.05, 4.69) is 10.3 Å². The fraction of sp³-hybridized carbons (Fsp3) is 0.556. The molecule has 6 nitrogen and oxygen atoms in total. The molecule has 148 valence electrons. The van der Waals surface area contributed by atoms with Crippen LogP contribution in [-0.2, 0) is 15.0 Å². The first-order valence-electron chi connectivity index (χ1n) is 8.60. The first-order chi connectivity index (χ1) is 12.5. The van der Waals surface area contributed by atoms with Crippen molar-refractivity contribution >= 4 is 28.7 Å². The topological polar surface area (TPSA) is 85.9 Å². The predicted octanol–water partition coefficient (Wildman–Crippen LogP) is 3.36. The molecule has 2 aliphatic heterocycles. The van der Waals surface area contributed by atoms with Crippen LogP contribution in [0.4, 0.5) is 19.3 Å². The third-order valence-corrected chi connectivity index (χ3v) is 5.54. The number of nitrogens with zero attached hydrogens (tertiary/aromatic N) is 1. The average molecular weight is 399 g/mol. The largest absolute Gasteiger partial charge is 0.444 e. The molecule has 1 aromatic rings. The highest BCUT2D eigenvalue weighted by molar-refractivity contribution is 8.14. The van der Waals surface area contributed by atoms with E-state index < -0.39 is 28.7 Å². The zero-order chi connectivity index (χ0) is 19.9. The number of fused-ring (bicyclic) bond motifs is 1. The second kappa shape index (κ2) is 6.94. The number of ether oxygens (including phenoxy) is 2. The number of nitrogen functional groups attached to an aromatic ring is 1. The lowest BCUT2D eigenvalue weighted by atomic mass is 9.74. The summed E-state index contributed by atoms with van der Waals surface area (Å²) in [5, 5.41) is 2.69. The summed E-state index contributed by atoms with van der Waals surface area (Å²) in [4.78, 5) is 16.5. The Bertz CT molecular complexity index is 784. The lowest BCUT2D eigenvalue weighted by Gasteiger charge is -2.48. The van der Waals surface area contributed by atoms with Crippen LogP contribution in [0.25, 0.3) is 0 Å². The van der Waals surface area contributed by atoms with E-state index in [0.29, 0.717) is 5.69 Å². The maximum Gasteiger partial charge on any atom is 0.413 e. The van der Waals surface area contributed by atoms with Crippen molar-refractivity contribution in [2.75, 3.05) is 24.7 Å². The number of carbonyl (C=O) groups is 1. The minimum absolute atomic E-state index is 0.000764. The van der Waals surface area contributed by atoms with Crippen LogP contribution in [0, 0.1) is 5.82 Å². The third kappa shape index (κ3) is 3.89. The fourth-order valence-corrected chi connectivity index (χ4v) is 4.32. The summed E-state index contributed by atoms with van der Waals surface area (Å²) < 4.78 is 41.2. The molecular formula is C18H23F2N3O3S. The number of carbonyl (C=O) groups excluding carboxylic acids is 1. The zero-order valence-electron chi connectivity index (χ0n) is 15.5. The Balaban J connectivity index is 2.02. The summed E-state index contributed by atoms with van der Waals surface area (Å²) in [6, 6.07) is 3.97. The van der Waals surface area contributed by atoms with Gasteiger partial charge in [0.15, 0.2) is 10.8 Å². The second-order valence-corrected chi connectivity index (χ2v) is 8.66. The first kappa shape index (κ1) is 19.9. The van der Waals surface area contributed by atoms with Crippen LogP contribution < -0.4 is 11.1 Å². The molecule has 3 N–H and O–H groups in total. The van der Waals surface area contributed by atoms with Crippen LogP contribution in [0.1, 0.15) is 32.8 Å². The second-order valence-electron chi connectivity index (χ2n) is 7.70. The minimum atomic E-state index is -1.83. The van der Waals surface area contributed by atoms with Gasteiger partial charge >= 0.3 is 6.09 Å². The number of nitrogens with two attached hydrogens (primary N) is 1. The van der Waals surface area contributed by atoms with Crippen LogP contribution in [0.15, 0.2) is 23.2 Å². The maximum atomic E-state index is 15.9. The lowest BCUT2D eigenvalue weighted by Crippen LogP contribution is -2.59. The van der Waals surface area contributed by atoms with Gasteiger partial charge in [0, 0.05) is 30.0 Å². The number of amidine groups is 1. The van der Waals surface area contributed by atoms with Crippen molar-refractivity contribution in [3.8, 4) is 0 Å².